The average molecular weight is 372 g/mol. The summed E-state index contributed by atoms with van der Waals surface area (Å²) in [5, 5.41) is 6.80. The number of anilines is 1. The summed E-state index contributed by atoms with van der Waals surface area (Å²) >= 11 is 0. The lowest BCUT2D eigenvalue weighted by molar-refractivity contribution is -0.142. The summed E-state index contributed by atoms with van der Waals surface area (Å²) in [4.78, 5) is 30.4. The van der Waals surface area contributed by atoms with Gasteiger partial charge in [0.05, 0.1) is 13.0 Å². The highest BCUT2D eigenvalue weighted by atomic mass is 16.5. The molecule has 27 heavy (non-hydrogen) atoms. The normalized spacial score (nSPS) is 15.7. The highest BCUT2D eigenvalue weighted by Crippen LogP contribution is 2.39. The fourth-order valence-corrected chi connectivity index (χ4v) is 3.04. The Bertz CT molecular complexity index is 818. The number of hydrogen-bond acceptors (Lipinski definition) is 6. The first-order valence-corrected chi connectivity index (χ1v) is 9.15. The van der Waals surface area contributed by atoms with Crippen molar-refractivity contribution in [3.8, 4) is 0 Å². The number of urea groups is 1. The zero-order chi connectivity index (χ0) is 19.4. The van der Waals surface area contributed by atoms with Gasteiger partial charge in [-0.2, -0.15) is 4.98 Å². The van der Waals surface area contributed by atoms with Crippen molar-refractivity contribution in [3.63, 3.8) is 0 Å². The number of rotatable bonds is 6. The third-order valence-electron chi connectivity index (χ3n) is 4.36. The van der Waals surface area contributed by atoms with Crippen LogP contribution in [0.2, 0.25) is 0 Å². The maximum Gasteiger partial charge on any atom is 0.322 e. The summed E-state index contributed by atoms with van der Waals surface area (Å²) in [7, 11) is 0. The topological polar surface area (TPSA) is 97.6 Å². The summed E-state index contributed by atoms with van der Waals surface area (Å²) in [6.07, 6.45) is 0.721. The number of ether oxygens (including phenoxy) is 1. The number of para-hydroxylation sites is 1. The molecular formula is C19H24N4O4. The molecular weight excluding hydrogens is 348 g/mol. The SMILES string of the molecule is CCOC(=O)CCNC(=O)N1c2ccccc2CC1c1nc(C(C)C)no1. The monoisotopic (exact) mass is 372 g/mol. The summed E-state index contributed by atoms with van der Waals surface area (Å²) in [5.74, 6) is 0.826. The van der Waals surface area contributed by atoms with Crippen LogP contribution in [0.5, 0.6) is 0 Å². The van der Waals surface area contributed by atoms with Crippen LogP contribution >= 0.6 is 0 Å². The van der Waals surface area contributed by atoms with Crippen molar-refractivity contribution < 1.29 is 18.8 Å². The van der Waals surface area contributed by atoms with E-state index in [-0.39, 0.29) is 36.9 Å². The van der Waals surface area contributed by atoms with Gasteiger partial charge in [0.1, 0.15) is 6.04 Å². The van der Waals surface area contributed by atoms with Crippen LogP contribution in [0.15, 0.2) is 28.8 Å². The fraction of sp³-hybridized carbons (Fsp3) is 0.474. The molecule has 8 heteroatoms. The second kappa shape index (κ2) is 8.20. The Balaban J connectivity index is 1.77. The van der Waals surface area contributed by atoms with E-state index in [0.29, 0.717) is 24.7 Å². The summed E-state index contributed by atoms with van der Waals surface area (Å²) < 4.78 is 10.3. The van der Waals surface area contributed by atoms with Gasteiger partial charge in [-0.25, -0.2) is 4.79 Å². The minimum atomic E-state index is -0.370. The van der Waals surface area contributed by atoms with Crippen molar-refractivity contribution in [1.29, 1.82) is 0 Å². The summed E-state index contributed by atoms with van der Waals surface area (Å²) in [6.45, 7) is 6.24. The molecule has 0 bridgehead atoms. The molecule has 1 unspecified atom stereocenters. The van der Waals surface area contributed by atoms with Crippen LogP contribution in [0.3, 0.4) is 0 Å². The van der Waals surface area contributed by atoms with Crippen LogP contribution < -0.4 is 10.2 Å². The highest BCUT2D eigenvalue weighted by molar-refractivity contribution is 5.95. The molecule has 0 spiro atoms. The van der Waals surface area contributed by atoms with Crippen LogP contribution in [0.4, 0.5) is 10.5 Å². The zero-order valence-corrected chi connectivity index (χ0v) is 15.8. The van der Waals surface area contributed by atoms with Gasteiger partial charge in [-0.1, -0.05) is 37.2 Å². The number of fused-ring (bicyclic) bond motifs is 1. The van der Waals surface area contributed by atoms with E-state index < -0.39 is 0 Å². The maximum absolute atomic E-state index is 12.8. The van der Waals surface area contributed by atoms with Gasteiger partial charge in [-0.05, 0) is 18.6 Å². The van der Waals surface area contributed by atoms with E-state index in [2.05, 4.69) is 15.5 Å². The van der Waals surface area contributed by atoms with Gasteiger partial charge in [0.25, 0.3) is 0 Å². The minimum absolute atomic E-state index is 0.123. The molecule has 1 atom stereocenters. The van der Waals surface area contributed by atoms with E-state index in [1.165, 1.54) is 0 Å². The first-order valence-electron chi connectivity index (χ1n) is 9.15. The molecule has 3 rings (SSSR count). The second-order valence-electron chi connectivity index (χ2n) is 6.65. The quantitative estimate of drug-likeness (QED) is 0.783. The molecule has 1 aromatic heterocycles. The number of amides is 2. The van der Waals surface area contributed by atoms with E-state index in [1.807, 2.05) is 38.1 Å². The number of nitrogens with zero attached hydrogens (tertiary/aromatic N) is 3. The maximum atomic E-state index is 12.8. The van der Waals surface area contributed by atoms with E-state index in [1.54, 1.807) is 11.8 Å². The molecule has 1 aliphatic heterocycles. The number of hydrogen-bond donors (Lipinski definition) is 1. The molecule has 2 heterocycles. The van der Waals surface area contributed by atoms with E-state index in [9.17, 15) is 9.59 Å². The zero-order valence-electron chi connectivity index (χ0n) is 15.8. The van der Waals surface area contributed by atoms with Gasteiger partial charge < -0.3 is 14.6 Å². The number of carbonyl (C=O) groups excluding carboxylic acids is 2. The number of carbonyl (C=O) groups is 2. The Labute approximate surface area is 157 Å². The highest BCUT2D eigenvalue weighted by Gasteiger charge is 2.38. The molecule has 0 fully saturated rings. The number of aromatic nitrogens is 2. The Hall–Kier alpha value is -2.90. The van der Waals surface area contributed by atoms with Gasteiger partial charge >= 0.3 is 12.0 Å². The molecule has 1 N–H and O–H groups in total. The standard InChI is InChI=1S/C19H24N4O4/c1-4-26-16(24)9-10-20-19(25)23-14-8-6-5-7-13(14)11-15(23)18-21-17(12(2)3)22-27-18/h5-8,12,15H,4,9-11H2,1-3H3,(H,20,25). The van der Waals surface area contributed by atoms with Crippen molar-refractivity contribution in [2.24, 2.45) is 0 Å². The lowest BCUT2D eigenvalue weighted by Crippen LogP contribution is -2.41. The first kappa shape index (κ1) is 18.9. The molecule has 0 saturated heterocycles. The third-order valence-corrected chi connectivity index (χ3v) is 4.36. The fourth-order valence-electron chi connectivity index (χ4n) is 3.04. The number of esters is 1. The Morgan fingerprint density at radius 3 is 2.85 bits per heavy atom. The molecule has 8 nitrogen and oxygen atoms in total. The van der Waals surface area contributed by atoms with Crippen LogP contribution in [-0.2, 0) is 16.0 Å². The van der Waals surface area contributed by atoms with Crippen molar-refractivity contribution in [2.75, 3.05) is 18.1 Å². The lowest BCUT2D eigenvalue weighted by atomic mass is 10.1. The average Bonchev–Trinajstić information content (AvgIpc) is 3.26. The largest absolute Gasteiger partial charge is 0.466 e. The van der Waals surface area contributed by atoms with Crippen molar-refractivity contribution >= 4 is 17.7 Å². The predicted molar refractivity (Wildman–Crippen MR) is 98.4 cm³/mol. The second-order valence-corrected chi connectivity index (χ2v) is 6.65. The Morgan fingerprint density at radius 1 is 1.37 bits per heavy atom. The third kappa shape index (κ3) is 4.10. The number of benzene rings is 1. The van der Waals surface area contributed by atoms with E-state index in [0.717, 1.165) is 11.3 Å². The minimum Gasteiger partial charge on any atom is -0.466 e. The molecule has 2 aromatic rings. The smallest absolute Gasteiger partial charge is 0.322 e. The lowest BCUT2D eigenvalue weighted by Gasteiger charge is -2.23. The van der Waals surface area contributed by atoms with Gasteiger partial charge in [0, 0.05) is 24.6 Å². The van der Waals surface area contributed by atoms with Crippen LogP contribution in [0.1, 0.15) is 56.4 Å². The molecule has 2 amide bonds. The Kier molecular flexibility index (Phi) is 5.73. The van der Waals surface area contributed by atoms with Gasteiger partial charge in [0.2, 0.25) is 5.89 Å². The van der Waals surface area contributed by atoms with Crippen molar-refractivity contribution in [2.45, 2.75) is 45.6 Å². The van der Waals surface area contributed by atoms with Crippen molar-refractivity contribution in [3.05, 3.63) is 41.5 Å². The van der Waals surface area contributed by atoms with Gasteiger partial charge in [-0.15, -0.1) is 0 Å². The molecule has 1 aromatic carbocycles. The summed E-state index contributed by atoms with van der Waals surface area (Å²) in [5.41, 5.74) is 1.84. The van der Waals surface area contributed by atoms with Gasteiger partial charge in [0.15, 0.2) is 5.82 Å². The van der Waals surface area contributed by atoms with E-state index >= 15 is 0 Å². The predicted octanol–water partition coefficient (Wildman–Crippen LogP) is 2.96. The van der Waals surface area contributed by atoms with Gasteiger partial charge in [-0.3, -0.25) is 9.69 Å². The molecule has 0 radical (unpaired) electrons. The number of nitrogens with one attached hydrogen (secondary N) is 1. The molecule has 1 aliphatic rings. The van der Waals surface area contributed by atoms with Crippen LogP contribution in [-0.4, -0.2) is 35.3 Å². The van der Waals surface area contributed by atoms with Crippen LogP contribution in [0, 0.1) is 0 Å². The first-order chi connectivity index (χ1) is 13.0. The Morgan fingerprint density at radius 2 is 2.15 bits per heavy atom. The summed E-state index contributed by atoms with van der Waals surface area (Å²) in [6, 6.07) is 7.01. The molecule has 0 saturated carbocycles. The molecule has 144 valence electrons. The molecule has 0 aliphatic carbocycles. The van der Waals surface area contributed by atoms with Crippen LogP contribution in [0.25, 0.3) is 0 Å². The van der Waals surface area contributed by atoms with Crippen molar-refractivity contribution in [1.82, 2.24) is 15.5 Å². The van der Waals surface area contributed by atoms with E-state index in [4.69, 9.17) is 9.26 Å².